The van der Waals surface area contributed by atoms with Crippen molar-refractivity contribution in [1.82, 2.24) is 24.5 Å². The fraction of sp³-hybridized carbons (Fsp3) is 0.615. The molecule has 1 N–H and O–H groups in total. The van der Waals surface area contributed by atoms with Gasteiger partial charge in [0.2, 0.25) is 5.65 Å². The van der Waals surface area contributed by atoms with Gasteiger partial charge < -0.3 is 10.2 Å². The van der Waals surface area contributed by atoms with Crippen LogP contribution in [0.5, 0.6) is 0 Å². The van der Waals surface area contributed by atoms with Gasteiger partial charge in [0.1, 0.15) is 6.33 Å². The lowest BCUT2D eigenvalue weighted by Crippen LogP contribution is -2.30. The van der Waals surface area contributed by atoms with E-state index in [-0.39, 0.29) is 0 Å². The summed E-state index contributed by atoms with van der Waals surface area (Å²) in [5.74, 6) is 0.815. The summed E-state index contributed by atoms with van der Waals surface area (Å²) >= 11 is 0. The first-order chi connectivity index (χ1) is 9.43. The van der Waals surface area contributed by atoms with E-state index in [1.807, 2.05) is 10.6 Å². The van der Waals surface area contributed by atoms with E-state index in [1.165, 1.54) is 38.8 Å². The van der Waals surface area contributed by atoms with Crippen LogP contribution in [0.2, 0.25) is 0 Å². The van der Waals surface area contributed by atoms with E-state index in [9.17, 15) is 0 Å². The molecular weight excluding hydrogens is 240 g/mol. The molecule has 102 valence electrons. The van der Waals surface area contributed by atoms with Crippen LogP contribution in [0.4, 0.5) is 5.82 Å². The molecule has 0 amide bonds. The molecule has 1 aliphatic heterocycles. The lowest BCUT2D eigenvalue weighted by Gasteiger charge is -2.19. The van der Waals surface area contributed by atoms with Crippen LogP contribution in [-0.4, -0.2) is 50.7 Å². The highest BCUT2D eigenvalue weighted by molar-refractivity contribution is 5.61. The van der Waals surface area contributed by atoms with E-state index >= 15 is 0 Å². The third-order valence-electron chi connectivity index (χ3n) is 3.63. The number of fused-ring (bicyclic) bond motifs is 1. The van der Waals surface area contributed by atoms with Gasteiger partial charge >= 0.3 is 0 Å². The Morgan fingerprint density at radius 1 is 1.16 bits per heavy atom. The molecule has 0 aromatic carbocycles. The Morgan fingerprint density at radius 3 is 2.84 bits per heavy atom. The molecule has 19 heavy (non-hydrogen) atoms. The van der Waals surface area contributed by atoms with Crippen molar-refractivity contribution in [3.8, 4) is 0 Å². The number of likely N-dealkylation sites (tertiary alicyclic amines) is 1. The van der Waals surface area contributed by atoms with Crippen molar-refractivity contribution in [2.24, 2.45) is 0 Å². The highest BCUT2D eigenvalue weighted by atomic mass is 15.2. The van der Waals surface area contributed by atoms with Crippen molar-refractivity contribution in [3.63, 3.8) is 0 Å². The van der Waals surface area contributed by atoms with Crippen LogP contribution < -0.4 is 5.32 Å². The van der Waals surface area contributed by atoms with Crippen molar-refractivity contribution >= 4 is 11.5 Å². The standard InChI is InChI=1S/C13H20N6/c1-2-4-8-18(7-3-1)9-5-14-12-13-17-16-11-19(13)10-6-15-12/h6,10-11H,1-5,7-9H2,(H,14,15). The van der Waals surface area contributed by atoms with Gasteiger partial charge in [-0.1, -0.05) is 12.8 Å². The first kappa shape index (κ1) is 12.3. The van der Waals surface area contributed by atoms with Gasteiger partial charge in [0.15, 0.2) is 5.82 Å². The van der Waals surface area contributed by atoms with Crippen LogP contribution in [0.25, 0.3) is 5.65 Å². The first-order valence-corrected chi connectivity index (χ1v) is 7.04. The molecule has 1 aliphatic rings. The highest BCUT2D eigenvalue weighted by Crippen LogP contribution is 2.11. The second-order valence-corrected chi connectivity index (χ2v) is 5.02. The van der Waals surface area contributed by atoms with Gasteiger partial charge in [-0.2, -0.15) is 0 Å². The van der Waals surface area contributed by atoms with E-state index < -0.39 is 0 Å². The molecule has 0 unspecified atom stereocenters. The van der Waals surface area contributed by atoms with Crippen LogP contribution in [0.1, 0.15) is 25.7 Å². The molecule has 0 saturated carbocycles. The quantitative estimate of drug-likeness (QED) is 0.900. The summed E-state index contributed by atoms with van der Waals surface area (Å²) in [6, 6.07) is 0. The maximum Gasteiger partial charge on any atom is 0.203 e. The fourth-order valence-electron chi connectivity index (χ4n) is 2.58. The Balaban J connectivity index is 1.55. The zero-order valence-electron chi connectivity index (χ0n) is 11.1. The van der Waals surface area contributed by atoms with E-state index in [1.54, 1.807) is 12.5 Å². The Labute approximate surface area is 112 Å². The second kappa shape index (κ2) is 5.97. The number of hydrogen-bond donors (Lipinski definition) is 1. The van der Waals surface area contributed by atoms with Crippen LogP contribution in [0, 0.1) is 0 Å². The second-order valence-electron chi connectivity index (χ2n) is 5.02. The molecule has 0 bridgehead atoms. The summed E-state index contributed by atoms with van der Waals surface area (Å²) < 4.78 is 1.88. The third-order valence-corrected chi connectivity index (χ3v) is 3.63. The SMILES string of the molecule is c1cn2cnnc2c(NCCN2CCCCCC2)n1. The molecule has 1 saturated heterocycles. The lowest BCUT2D eigenvalue weighted by molar-refractivity contribution is 0.296. The normalized spacial score (nSPS) is 17.5. The molecule has 0 radical (unpaired) electrons. The highest BCUT2D eigenvalue weighted by Gasteiger charge is 2.09. The van der Waals surface area contributed by atoms with E-state index in [0.717, 1.165) is 24.6 Å². The van der Waals surface area contributed by atoms with Gasteiger partial charge in [0.25, 0.3) is 0 Å². The molecule has 0 aliphatic carbocycles. The summed E-state index contributed by atoms with van der Waals surface area (Å²) in [5, 5.41) is 11.3. The Morgan fingerprint density at radius 2 is 2.00 bits per heavy atom. The van der Waals surface area contributed by atoms with E-state index in [4.69, 9.17) is 0 Å². The monoisotopic (exact) mass is 260 g/mol. The molecular formula is C13H20N6. The summed E-state index contributed by atoms with van der Waals surface area (Å²) in [7, 11) is 0. The van der Waals surface area contributed by atoms with Crippen LogP contribution >= 0.6 is 0 Å². The minimum absolute atomic E-state index is 0.790. The third kappa shape index (κ3) is 3.01. The van der Waals surface area contributed by atoms with Gasteiger partial charge in [-0.05, 0) is 25.9 Å². The topological polar surface area (TPSA) is 58.4 Å². The summed E-state index contributed by atoms with van der Waals surface area (Å²) in [6.45, 7) is 4.42. The molecule has 2 aromatic heterocycles. The van der Waals surface area contributed by atoms with Crippen molar-refractivity contribution in [1.29, 1.82) is 0 Å². The molecule has 3 rings (SSSR count). The number of hydrogen-bond acceptors (Lipinski definition) is 5. The minimum Gasteiger partial charge on any atom is -0.366 e. The van der Waals surface area contributed by atoms with Gasteiger partial charge in [-0.25, -0.2) is 4.98 Å². The van der Waals surface area contributed by atoms with Gasteiger partial charge in [-0.15, -0.1) is 10.2 Å². The molecule has 6 nitrogen and oxygen atoms in total. The molecule has 2 aromatic rings. The number of nitrogens with one attached hydrogen (secondary N) is 1. The molecule has 3 heterocycles. The van der Waals surface area contributed by atoms with Crippen LogP contribution in [0.15, 0.2) is 18.7 Å². The molecule has 0 spiro atoms. The van der Waals surface area contributed by atoms with Crippen LogP contribution in [-0.2, 0) is 0 Å². The summed E-state index contributed by atoms with van der Waals surface area (Å²) in [5.41, 5.74) is 0.790. The van der Waals surface area contributed by atoms with E-state index in [0.29, 0.717) is 0 Å². The van der Waals surface area contributed by atoms with Crippen molar-refractivity contribution < 1.29 is 0 Å². The first-order valence-electron chi connectivity index (χ1n) is 7.04. The summed E-state index contributed by atoms with van der Waals surface area (Å²) in [6.07, 6.45) is 10.7. The summed E-state index contributed by atoms with van der Waals surface area (Å²) in [4.78, 5) is 6.86. The van der Waals surface area contributed by atoms with Gasteiger partial charge in [-0.3, -0.25) is 4.40 Å². The van der Waals surface area contributed by atoms with Crippen LogP contribution in [0.3, 0.4) is 0 Å². The predicted octanol–water partition coefficient (Wildman–Crippen LogP) is 1.41. The number of nitrogens with zero attached hydrogens (tertiary/aromatic N) is 5. The van der Waals surface area contributed by atoms with Gasteiger partial charge in [0, 0.05) is 25.5 Å². The van der Waals surface area contributed by atoms with Gasteiger partial charge in [0.05, 0.1) is 0 Å². The number of anilines is 1. The smallest absolute Gasteiger partial charge is 0.203 e. The zero-order chi connectivity index (χ0) is 12.9. The maximum atomic E-state index is 4.33. The number of rotatable bonds is 4. The molecule has 6 heteroatoms. The maximum absolute atomic E-state index is 4.33. The molecule has 0 atom stereocenters. The molecule has 1 fully saturated rings. The van der Waals surface area contributed by atoms with Crippen molar-refractivity contribution in [2.45, 2.75) is 25.7 Å². The average Bonchev–Trinajstić information content (AvgIpc) is 2.77. The average molecular weight is 260 g/mol. The lowest BCUT2D eigenvalue weighted by atomic mass is 10.2. The fourth-order valence-corrected chi connectivity index (χ4v) is 2.58. The Hall–Kier alpha value is -1.69. The van der Waals surface area contributed by atoms with E-state index in [2.05, 4.69) is 25.4 Å². The Kier molecular flexibility index (Phi) is 3.88. The number of aromatic nitrogens is 4. The predicted molar refractivity (Wildman–Crippen MR) is 74.2 cm³/mol. The van der Waals surface area contributed by atoms with Crippen molar-refractivity contribution in [3.05, 3.63) is 18.7 Å². The zero-order valence-corrected chi connectivity index (χ0v) is 11.1. The minimum atomic E-state index is 0.790. The largest absolute Gasteiger partial charge is 0.366 e. The van der Waals surface area contributed by atoms with Crippen molar-refractivity contribution in [2.75, 3.05) is 31.5 Å². The Bertz CT molecular complexity index is 515.